The molecule has 3 amide bonds. The lowest BCUT2D eigenvalue weighted by atomic mass is 10.1. The van der Waals surface area contributed by atoms with Crippen LogP contribution >= 0.6 is 11.5 Å². The number of nitrogens with one attached hydrogen (secondary N) is 1. The highest BCUT2D eigenvalue weighted by Gasteiger charge is 2.38. The zero-order chi connectivity index (χ0) is 24.4. The molecule has 2 aromatic heterocycles. The van der Waals surface area contributed by atoms with E-state index in [-0.39, 0.29) is 28.2 Å². The standard InChI is InChI=1S/C24H27N5O4S/c1-13-6-5-9-16(12-13)29(24(32)21-18(25)19(22(26)30)28-34-21)20(17-11-10-14(2)33-17)23(31)27-15-7-3-4-8-15/h5-6,9-12,15,20H,3-4,7-8,25H2,1-2H3,(H2,26,30)(H,27,31)/t20-/m0/s1. The third-order valence-electron chi connectivity index (χ3n) is 5.89. The van der Waals surface area contributed by atoms with Crippen molar-refractivity contribution in [3.8, 4) is 0 Å². The zero-order valence-corrected chi connectivity index (χ0v) is 19.9. The number of hydrogen-bond acceptors (Lipinski definition) is 7. The Balaban J connectivity index is 1.83. The number of furan rings is 1. The average Bonchev–Trinajstić information content (AvgIpc) is 3.53. The predicted molar refractivity (Wildman–Crippen MR) is 130 cm³/mol. The SMILES string of the molecule is Cc1cccc(N(C(=O)c2snc(C(N)=O)c2N)[C@H](C(=O)NC2CCCC2)c2ccc(C)o2)c1. The van der Waals surface area contributed by atoms with E-state index in [0.717, 1.165) is 42.8 Å². The van der Waals surface area contributed by atoms with Crippen LogP contribution in [0.15, 0.2) is 40.8 Å². The van der Waals surface area contributed by atoms with Gasteiger partial charge in [0.05, 0.1) is 5.69 Å². The fourth-order valence-electron chi connectivity index (χ4n) is 4.22. The molecule has 1 saturated carbocycles. The number of nitrogens with zero attached hydrogens (tertiary/aromatic N) is 2. The molecule has 4 rings (SSSR count). The van der Waals surface area contributed by atoms with Crippen LogP contribution in [0, 0.1) is 13.8 Å². The summed E-state index contributed by atoms with van der Waals surface area (Å²) in [6, 6.07) is 9.61. The van der Waals surface area contributed by atoms with Crippen molar-refractivity contribution in [1.82, 2.24) is 9.69 Å². The largest absolute Gasteiger partial charge is 0.464 e. The Morgan fingerprint density at radius 1 is 1.18 bits per heavy atom. The van der Waals surface area contributed by atoms with E-state index in [2.05, 4.69) is 9.69 Å². The van der Waals surface area contributed by atoms with Crippen LogP contribution in [0.4, 0.5) is 11.4 Å². The Morgan fingerprint density at radius 2 is 1.91 bits per heavy atom. The Bertz CT molecular complexity index is 1230. The van der Waals surface area contributed by atoms with Crippen molar-refractivity contribution in [2.24, 2.45) is 5.73 Å². The molecule has 0 aliphatic heterocycles. The van der Waals surface area contributed by atoms with Gasteiger partial charge >= 0.3 is 0 Å². The minimum atomic E-state index is -1.10. The number of primary amides is 1. The predicted octanol–water partition coefficient (Wildman–Crippen LogP) is 3.48. The molecule has 1 aliphatic carbocycles. The summed E-state index contributed by atoms with van der Waals surface area (Å²) in [7, 11) is 0. The van der Waals surface area contributed by atoms with Crippen molar-refractivity contribution in [2.75, 3.05) is 10.6 Å². The molecule has 0 bridgehead atoms. The van der Waals surface area contributed by atoms with Gasteiger partial charge in [0.2, 0.25) is 0 Å². The highest BCUT2D eigenvalue weighted by Crippen LogP contribution is 2.34. The first-order chi connectivity index (χ1) is 16.3. The molecular formula is C24H27N5O4S. The van der Waals surface area contributed by atoms with E-state index >= 15 is 0 Å². The summed E-state index contributed by atoms with van der Waals surface area (Å²) in [6.07, 6.45) is 3.86. The van der Waals surface area contributed by atoms with Gasteiger partial charge in [-0.3, -0.25) is 19.3 Å². The molecule has 2 heterocycles. The highest BCUT2D eigenvalue weighted by atomic mass is 32.1. The number of nitrogen functional groups attached to an aromatic ring is 1. The molecule has 1 aliphatic rings. The van der Waals surface area contributed by atoms with Gasteiger partial charge in [-0.1, -0.05) is 25.0 Å². The van der Waals surface area contributed by atoms with Crippen LogP contribution in [0.1, 0.15) is 69.0 Å². The average molecular weight is 482 g/mol. The van der Waals surface area contributed by atoms with Crippen LogP contribution in [0.5, 0.6) is 0 Å². The quantitative estimate of drug-likeness (QED) is 0.471. The summed E-state index contributed by atoms with van der Waals surface area (Å²) in [5.74, 6) is -0.824. The van der Waals surface area contributed by atoms with Crippen LogP contribution < -0.4 is 21.7 Å². The number of benzene rings is 1. The van der Waals surface area contributed by atoms with Crippen LogP contribution in [0.25, 0.3) is 0 Å². The van der Waals surface area contributed by atoms with E-state index in [1.165, 1.54) is 4.90 Å². The van der Waals surface area contributed by atoms with Gasteiger partial charge in [-0.05, 0) is 68.1 Å². The first-order valence-corrected chi connectivity index (χ1v) is 11.9. The van der Waals surface area contributed by atoms with Gasteiger partial charge < -0.3 is 21.2 Å². The molecular weight excluding hydrogens is 454 g/mol. The molecule has 5 N–H and O–H groups in total. The molecule has 9 nitrogen and oxygen atoms in total. The molecule has 0 saturated heterocycles. The van der Waals surface area contributed by atoms with Gasteiger partial charge in [-0.15, -0.1) is 0 Å². The van der Waals surface area contributed by atoms with Crippen molar-refractivity contribution in [2.45, 2.75) is 51.6 Å². The lowest BCUT2D eigenvalue weighted by Gasteiger charge is -2.30. The van der Waals surface area contributed by atoms with Crippen molar-refractivity contribution in [3.63, 3.8) is 0 Å². The maximum absolute atomic E-state index is 13.9. The number of amides is 3. The van der Waals surface area contributed by atoms with E-state index in [1.807, 2.05) is 13.0 Å². The molecule has 1 atom stereocenters. The lowest BCUT2D eigenvalue weighted by Crippen LogP contribution is -2.46. The van der Waals surface area contributed by atoms with Crippen LogP contribution in [-0.4, -0.2) is 28.1 Å². The second-order valence-electron chi connectivity index (χ2n) is 8.49. The van der Waals surface area contributed by atoms with Gasteiger partial charge in [0.1, 0.15) is 16.4 Å². The maximum atomic E-state index is 13.9. The molecule has 0 spiro atoms. The number of rotatable bonds is 7. The summed E-state index contributed by atoms with van der Waals surface area (Å²) in [5, 5.41) is 3.09. The van der Waals surface area contributed by atoms with Gasteiger partial charge in [0, 0.05) is 11.7 Å². The number of carbonyl (C=O) groups excluding carboxylic acids is 3. The van der Waals surface area contributed by atoms with Crippen molar-refractivity contribution >= 4 is 40.6 Å². The minimum absolute atomic E-state index is 0.0252. The molecule has 0 unspecified atom stereocenters. The number of anilines is 2. The molecule has 10 heteroatoms. The molecule has 3 aromatic rings. The molecule has 1 fully saturated rings. The summed E-state index contributed by atoms with van der Waals surface area (Å²) in [5.41, 5.74) is 12.5. The van der Waals surface area contributed by atoms with E-state index in [4.69, 9.17) is 15.9 Å². The third kappa shape index (κ3) is 4.67. The first-order valence-electron chi connectivity index (χ1n) is 11.1. The summed E-state index contributed by atoms with van der Waals surface area (Å²) in [6.45, 7) is 3.66. The molecule has 1 aromatic carbocycles. The number of hydrogen-bond donors (Lipinski definition) is 3. The normalized spacial score (nSPS) is 14.6. The van der Waals surface area contributed by atoms with Crippen molar-refractivity contribution in [1.29, 1.82) is 0 Å². The van der Waals surface area contributed by atoms with Gasteiger partial charge in [0.15, 0.2) is 11.7 Å². The van der Waals surface area contributed by atoms with E-state index in [0.29, 0.717) is 17.2 Å². The Labute approximate surface area is 201 Å². The first kappa shape index (κ1) is 23.5. The topological polar surface area (TPSA) is 145 Å². The second kappa shape index (κ2) is 9.68. The van der Waals surface area contributed by atoms with Crippen LogP contribution in [0.2, 0.25) is 0 Å². The van der Waals surface area contributed by atoms with Crippen LogP contribution in [-0.2, 0) is 4.79 Å². The van der Waals surface area contributed by atoms with E-state index < -0.39 is 17.9 Å². The molecule has 34 heavy (non-hydrogen) atoms. The zero-order valence-electron chi connectivity index (χ0n) is 19.0. The second-order valence-corrected chi connectivity index (χ2v) is 9.27. The minimum Gasteiger partial charge on any atom is -0.464 e. The fraction of sp³-hybridized carbons (Fsp3) is 0.333. The van der Waals surface area contributed by atoms with Gasteiger partial charge in [0.25, 0.3) is 17.7 Å². The maximum Gasteiger partial charge on any atom is 0.273 e. The number of aryl methyl sites for hydroxylation is 2. The monoisotopic (exact) mass is 481 g/mol. The Hall–Kier alpha value is -3.66. The van der Waals surface area contributed by atoms with Crippen molar-refractivity contribution in [3.05, 3.63) is 64.1 Å². The van der Waals surface area contributed by atoms with Gasteiger partial charge in [-0.2, -0.15) is 4.37 Å². The summed E-state index contributed by atoms with van der Waals surface area (Å²) in [4.78, 5) is 40.6. The number of carbonyl (C=O) groups is 3. The lowest BCUT2D eigenvalue weighted by molar-refractivity contribution is -0.123. The van der Waals surface area contributed by atoms with Gasteiger partial charge in [-0.25, -0.2) is 0 Å². The number of aromatic nitrogens is 1. The Morgan fingerprint density at radius 3 is 2.50 bits per heavy atom. The van der Waals surface area contributed by atoms with Crippen LogP contribution in [0.3, 0.4) is 0 Å². The smallest absolute Gasteiger partial charge is 0.273 e. The van der Waals surface area contributed by atoms with E-state index in [9.17, 15) is 14.4 Å². The summed E-state index contributed by atoms with van der Waals surface area (Å²) < 4.78 is 9.82. The molecule has 0 radical (unpaired) electrons. The third-order valence-corrected chi connectivity index (χ3v) is 6.74. The number of nitrogens with two attached hydrogens (primary N) is 2. The Kier molecular flexibility index (Phi) is 6.69. The van der Waals surface area contributed by atoms with E-state index in [1.54, 1.807) is 37.3 Å². The summed E-state index contributed by atoms with van der Waals surface area (Å²) >= 11 is 0.773. The highest BCUT2D eigenvalue weighted by molar-refractivity contribution is 7.09. The van der Waals surface area contributed by atoms with Crippen molar-refractivity contribution < 1.29 is 18.8 Å². The fourth-order valence-corrected chi connectivity index (χ4v) is 4.97. The molecule has 178 valence electrons.